The molecular formula is C10H20N4O2S. The maximum Gasteiger partial charge on any atom is 0.208 e. The van der Waals surface area contributed by atoms with E-state index in [9.17, 15) is 8.42 Å². The maximum absolute atomic E-state index is 10.8. The van der Waals surface area contributed by atoms with Crippen molar-refractivity contribution in [2.75, 3.05) is 19.3 Å². The highest BCUT2D eigenvalue weighted by Gasteiger charge is 2.01. The van der Waals surface area contributed by atoms with Gasteiger partial charge in [-0.15, -0.1) is 0 Å². The summed E-state index contributed by atoms with van der Waals surface area (Å²) in [6, 6.07) is 0. The maximum atomic E-state index is 10.8. The van der Waals surface area contributed by atoms with E-state index in [1.54, 1.807) is 6.20 Å². The van der Waals surface area contributed by atoms with Crippen molar-refractivity contribution < 1.29 is 8.42 Å². The highest BCUT2D eigenvalue weighted by Crippen LogP contribution is 1.96. The van der Waals surface area contributed by atoms with E-state index in [2.05, 4.69) is 26.5 Å². The lowest BCUT2D eigenvalue weighted by molar-refractivity contribution is 0.571. The Morgan fingerprint density at radius 1 is 1.41 bits per heavy atom. The molecule has 0 unspecified atom stereocenters. The summed E-state index contributed by atoms with van der Waals surface area (Å²) in [4.78, 5) is 4.23. The van der Waals surface area contributed by atoms with E-state index in [1.165, 1.54) is 6.26 Å². The van der Waals surface area contributed by atoms with Crippen molar-refractivity contribution in [3.8, 4) is 0 Å². The van der Waals surface area contributed by atoms with E-state index < -0.39 is 10.0 Å². The summed E-state index contributed by atoms with van der Waals surface area (Å²) in [5.74, 6) is 1.00. The molecule has 0 atom stereocenters. The third-order valence-electron chi connectivity index (χ3n) is 2.32. The van der Waals surface area contributed by atoms with Crippen LogP contribution in [-0.2, 0) is 23.1 Å². The van der Waals surface area contributed by atoms with Crippen molar-refractivity contribution in [3.63, 3.8) is 0 Å². The van der Waals surface area contributed by atoms with Gasteiger partial charge >= 0.3 is 0 Å². The van der Waals surface area contributed by atoms with Crippen LogP contribution in [0.2, 0.25) is 0 Å². The monoisotopic (exact) mass is 260 g/mol. The van der Waals surface area contributed by atoms with Crippen molar-refractivity contribution >= 4 is 10.0 Å². The van der Waals surface area contributed by atoms with Crippen LogP contribution in [0.1, 0.15) is 19.2 Å². The Balaban J connectivity index is 2.13. The summed E-state index contributed by atoms with van der Waals surface area (Å²) in [6.45, 7) is 4.92. The quantitative estimate of drug-likeness (QED) is 0.642. The predicted octanol–water partition coefficient (Wildman–Crippen LogP) is -0.0681. The molecule has 1 rings (SSSR count). The molecule has 1 aromatic heterocycles. The van der Waals surface area contributed by atoms with Gasteiger partial charge in [0.15, 0.2) is 0 Å². The Bertz CT molecular complexity index is 427. The third kappa shape index (κ3) is 5.81. The first-order valence-electron chi connectivity index (χ1n) is 5.68. The fourth-order valence-electron chi connectivity index (χ4n) is 1.47. The van der Waals surface area contributed by atoms with Crippen LogP contribution in [0.25, 0.3) is 0 Å². The van der Waals surface area contributed by atoms with Crippen LogP contribution in [-0.4, -0.2) is 37.3 Å². The predicted molar refractivity (Wildman–Crippen MR) is 67.1 cm³/mol. The van der Waals surface area contributed by atoms with E-state index in [1.807, 2.05) is 6.20 Å². The summed E-state index contributed by atoms with van der Waals surface area (Å²) < 4.78 is 26.1. The van der Waals surface area contributed by atoms with Gasteiger partial charge in [-0.1, -0.05) is 0 Å². The zero-order valence-corrected chi connectivity index (χ0v) is 11.1. The lowest BCUT2D eigenvalue weighted by Gasteiger charge is -2.06. The lowest BCUT2D eigenvalue weighted by Crippen LogP contribution is -2.26. The van der Waals surface area contributed by atoms with Gasteiger partial charge in [0, 0.05) is 25.5 Å². The Hall–Kier alpha value is -0.920. The average Bonchev–Trinajstić information content (AvgIpc) is 2.69. The molecule has 0 saturated carbocycles. The van der Waals surface area contributed by atoms with Crippen LogP contribution in [0.5, 0.6) is 0 Å². The molecule has 98 valence electrons. The molecule has 0 spiro atoms. The largest absolute Gasteiger partial charge is 0.334 e. The molecule has 1 aromatic rings. The molecule has 0 amide bonds. The topological polar surface area (TPSA) is 76.0 Å². The second kappa shape index (κ2) is 6.73. The molecule has 0 aliphatic heterocycles. The zero-order chi connectivity index (χ0) is 12.7. The first-order chi connectivity index (χ1) is 8.03. The molecule has 1 heterocycles. The number of hydrogen-bond donors (Lipinski definition) is 2. The van der Waals surface area contributed by atoms with E-state index in [0.29, 0.717) is 13.1 Å². The average molecular weight is 260 g/mol. The SMILES string of the molecule is CCn1ccnc1CNCCCNS(C)(=O)=O. The van der Waals surface area contributed by atoms with Crippen molar-refractivity contribution in [2.45, 2.75) is 26.4 Å². The molecule has 0 saturated heterocycles. The van der Waals surface area contributed by atoms with E-state index in [0.717, 1.165) is 25.3 Å². The minimum absolute atomic E-state index is 0.466. The van der Waals surface area contributed by atoms with Gasteiger partial charge in [-0.3, -0.25) is 0 Å². The minimum Gasteiger partial charge on any atom is -0.334 e. The van der Waals surface area contributed by atoms with Gasteiger partial charge in [-0.05, 0) is 19.9 Å². The van der Waals surface area contributed by atoms with Gasteiger partial charge in [0.25, 0.3) is 0 Å². The molecule has 7 heteroatoms. The highest BCUT2D eigenvalue weighted by molar-refractivity contribution is 7.88. The van der Waals surface area contributed by atoms with Crippen molar-refractivity contribution in [1.29, 1.82) is 0 Å². The molecule has 0 fully saturated rings. The van der Waals surface area contributed by atoms with Crippen LogP contribution in [0.3, 0.4) is 0 Å². The van der Waals surface area contributed by atoms with Gasteiger partial charge in [-0.25, -0.2) is 18.1 Å². The first kappa shape index (κ1) is 14.1. The van der Waals surface area contributed by atoms with Crippen molar-refractivity contribution in [3.05, 3.63) is 18.2 Å². The summed E-state index contributed by atoms with van der Waals surface area (Å²) in [5.41, 5.74) is 0. The Morgan fingerprint density at radius 3 is 2.82 bits per heavy atom. The van der Waals surface area contributed by atoms with E-state index in [-0.39, 0.29) is 0 Å². The number of sulfonamides is 1. The molecule has 2 N–H and O–H groups in total. The molecular weight excluding hydrogens is 240 g/mol. The first-order valence-corrected chi connectivity index (χ1v) is 7.57. The second-order valence-electron chi connectivity index (χ2n) is 3.83. The second-order valence-corrected chi connectivity index (χ2v) is 5.66. The number of imidazole rings is 1. The van der Waals surface area contributed by atoms with Crippen LogP contribution in [0.15, 0.2) is 12.4 Å². The number of nitrogens with zero attached hydrogens (tertiary/aromatic N) is 2. The summed E-state index contributed by atoms with van der Waals surface area (Å²) in [6.07, 6.45) is 5.66. The van der Waals surface area contributed by atoms with Gasteiger partial charge in [0.1, 0.15) is 5.82 Å². The molecule has 0 aliphatic rings. The Morgan fingerprint density at radius 2 is 2.18 bits per heavy atom. The number of hydrogen-bond acceptors (Lipinski definition) is 4. The van der Waals surface area contributed by atoms with Crippen molar-refractivity contribution in [2.24, 2.45) is 0 Å². The summed E-state index contributed by atoms with van der Waals surface area (Å²) in [5, 5.41) is 3.23. The van der Waals surface area contributed by atoms with Gasteiger partial charge in [0.05, 0.1) is 12.8 Å². The molecule has 6 nitrogen and oxygen atoms in total. The molecule has 0 bridgehead atoms. The van der Waals surface area contributed by atoms with Gasteiger partial charge < -0.3 is 9.88 Å². The fourth-order valence-corrected chi connectivity index (χ4v) is 1.98. The van der Waals surface area contributed by atoms with E-state index in [4.69, 9.17) is 0 Å². The molecule has 0 aliphatic carbocycles. The van der Waals surface area contributed by atoms with Gasteiger partial charge in [0.2, 0.25) is 10.0 Å². The summed E-state index contributed by atoms with van der Waals surface area (Å²) >= 11 is 0. The smallest absolute Gasteiger partial charge is 0.208 e. The number of rotatable bonds is 8. The number of nitrogens with one attached hydrogen (secondary N) is 2. The zero-order valence-electron chi connectivity index (χ0n) is 10.3. The Kier molecular flexibility index (Phi) is 5.60. The molecule has 0 aromatic carbocycles. The van der Waals surface area contributed by atoms with Crippen LogP contribution >= 0.6 is 0 Å². The minimum atomic E-state index is -3.06. The molecule has 0 radical (unpaired) electrons. The molecule has 17 heavy (non-hydrogen) atoms. The van der Waals surface area contributed by atoms with E-state index >= 15 is 0 Å². The number of aromatic nitrogens is 2. The standard InChI is InChI=1S/C10H20N4O2S/c1-3-14-8-7-12-10(14)9-11-5-4-6-13-17(2,15)16/h7-8,11,13H,3-6,9H2,1-2H3. The third-order valence-corrected chi connectivity index (χ3v) is 3.05. The van der Waals surface area contributed by atoms with Crippen molar-refractivity contribution in [1.82, 2.24) is 19.6 Å². The normalized spacial score (nSPS) is 11.9. The summed E-state index contributed by atoms with van der Waals surface area (Å²) in [7, 11) is -3.06. The van der Waals surface area contributed by atoms with Crippen LogP contribution < -0.4 is 10.0 Å². The van der Waals surface area contributed by atoms with Crippen LogP contribution in [0.4, 0.5) is 0 Å². The number of aryl methyl sites for hydroxylation is 1. The van der Waals surface area contributed by atoms with Crippen LogP contribution in [0, 0.1) is 0 Å². The Labute approximate surface area is 102 Å². The lowest BCUT2D eigenvalue weighted by atomic mass is 10.4. The van der Waals surface area contributed by atoms with Gasteiger partial charge in [-0.2, -0.15) is 0 Å². The fraction of sp³-hybridized carbons (Fsp3) is 0.700. The highest BCUT2D eigenvalue weighted by atomic mass is 32.2.